The summed E-state index contributed by atoms with van der Waals surface area (Å²) < 4.78 is 0. The first-order chi connectivity index (χ1) is 8.61. The summed E-state index contributed by atoms with van der Waals surface area (Å²) >= 11 is 12.1. The predicted molar refractivity (Wildman–Crippen MR) is 77.6 cm³/mol. The Bertz CT molecular complexity index is 417. The topological polar surface area (TPSA) is 45.4 Å². The molecule has 0 bridgehead atoms. The molecular weight excluding hydrogens is 271 g/mol. The van der Waals surface area contributed by atoms with E-state index in [-0.39, 0.29) is 0 Å². The van der Waals surface area contributed by atoms with Crippen LogP contribution in [-0.4, -0.2) is 42.6 Å². The summed E-state index contributed by atoms with van der Waals surface area (Å²) in [4.78, 5) is 8.90. The molecule has 0 spiro atoms. The molecule has 4 nitrogen and oxygen atoms in total. The molecule has 0 radical (unpaired) electrons. The van der Waals surface area contributed by atoms with Gasteiger partial charge in [-0.05, 0) is 19.0 Å². The van der Waals surface area contributed by atoms with Crippen molar-refractivity contribution >= 4 is 34.8 Å². The highest BCUT2D eigenvalue weighted by Crippen LogP contribution is 2.30. The second-order valence-electron chi connectivity index (χ2n) is 4.49. The van der Waals surface area contributed by atoms with E-state index in [1.165, 1.54) is 6.42 Å². The highest BCUT2D eigenvalue weighted by atomic mass is 35.5. The van der Waals surface area contributed by atoms with Gasteiger partial charge in [0.05, 0.1) is 10.0 Å². The fraction of sp³-hybridized carbons (Fsp3) is 0.583. The van der Waals surface area contributed by atoms with Gasteiger partial charge in [0, 0.05) is 26.2 Å². The van der Waals surface area contributed by atoms with Gasteiger partial charge in [0.15, 0.2) is 0 Å². The molecule has 2 heterocycles. The summed E-state index contributed by atoms with van der Waals surface area (Å²) in [6.45, 7) is 7.27. The van der Waals surface area contributed by atoms with E-state index in [1.807, 2.05) is 0 Å². The van der Waals surface area contributed by atoms with Gasteiger partial charge in [-0.15, -0.1) is 0 Å². The Kier molecular flexibility index (Phi) is 4.54. The van der Waals surface area contributed by atoms with Gasteiger partial charge < -0.3 is 10.6 Å². The molecule has 100 valence electrons. The molecule has 1 saturated heterocycles. The largest absolute Gasteiger partial charge is 0.382 e. The first-order valence-electron chi connectivity index (χ1n) is 6.20. The van der Waals surface area contributed by atoms with Crippen LogP contribution < -0.4 is 10.6 Å². The number of anilines is 2. The minimum atomic E-state index is 0.340. The van der Waals surface area contributed by atoms with E-state index in [0.29, 0.717) is 15.9 Å². The van der Waals surface area contributed by atoms with Crippen molar-refractivity contribution in [1.82, 2.24) is 9.88 Å². The highest BCUT2D eigenvalue weighted by Gasteiger charge is 2.20. The van der Waals surface area contributed by atoms with Crippen LogP contribution in [0.15, 0.2) is 6.07 Å². The molecule has 6 heteroatoms. The Hall–Kier alpha value is -0.710. The van der Waals surface area contributed by atoms with Crippen LogP contribution in [0.2, 0.25) is 10.0 Å². The van der Waals surface area contributed by atoms with Crippen molar-refractivity contribution in [2.45, 2.75) is 13.3 Å². The lowest BCUT2D eigenvalue weighted by Crippen LogP contribution is -2.47. The molecule has 2 N–H and O–H groups in total. The van der Waals surface area contributed by atoms with Gasteiger partial charge in [-0.1, -0.05) is 30.1 Å². The van der Waals surface area contributed by atoms with Crippen molar-refractivity contribution in [2.24, 2.45) is 0 Å². The van der Waals surface area contributed by atoms with Gasteiger partial charge in [-0.2, -0.15) is 0 Å². The average Bonchev–Trinajstić information content (AvgIpc) is 2.35. The van der Waals surface area contributed by atoms with Gasteiger partial charge >= 0.3 is 0 Å². The maximum absolute atomic E-state index is 6.17. The zero-order valence-electron chi connectivity index (χ0n) is 10.5. The summed E-state index contributed by atoms with van der Waals surface area (Å²) in [6, 6.07) is 1.67. The van der Waals surface area contributed by atoms with Crippen molar-refractivity contribution in [3.8, 4) is 0 Å². The number of rotatable bonds is 3. The third-order valence-electron chi connectivity index (χ3n) is 3.15. The number of nitrogen functional groups attached to an aromatic ring is 1. The van der Waals surface area contributed by atoms with E-state index in [1.54, 1.807) is 6.07 Å². The average molecular weight is 289 g/mol. The van der Waals surface area contributed by atoms with Crippen LogP contribution >= 0.6 is 23.2 Å². The van der Waals surface area contributed by atoms with Gasteiger partial charge in [0.1, 0.15) is 11.6 Å². The normalized spacial score (nSPS) is 17.2. The van der Waals surface area contributed by atoms with Crippen molar-refractivity contribution in [1.29, 1.82) is 0 Å². The second kappa shape index (κ2) is 5.95. The highest BCUT2D eigenvalue weighted by molar-refractivity contribution is 6.37. The van der Waals surface area contributed by atoms with Gasteiger partial charge in [-0.25, -0.2) is 4.98 Å². The minimum absolute atomic E-state index is 0.340. The molecule has 1 fully saturated rings. The first-order valence-corrected chi connectivity index (χ1v) is 6.96. The van der Waals surface area contributed by atoms with Crippen molar-refractivity contribution in [3.63, 3.8) is 0 Å². The van der Waals surface area contributed by atoms with Crippen molar-refractivity contribution in [3.05, 3.63) is 16.1 Å². The Balaban J connectivity index is 2.07. The lowest BCUT2D eigenvalue weighted by atomic mass is 10.3. The molecule has 1 aliphatic heterocycles. The zero-order valence-corrected chi connectivity index (χ0v) is 12.0. The summed E-state index contributed by atoms with van der Waals surface area (Å²) in [6.07, 6.45) is 1.19. The molecule has 1 aliphatic rings. The SMILES string of the molecule is CCCN1CCN(c2nc(N)c(Cl)cc2Cl)CC1. The Labute approximate surface area is 118 Å². The Morgan fingerprint density at radius 2 is 1.89 bits per heavy atom. The van der Waals surface area contributed by atoms with E-state index in [9.17, 15) is 0 Å². The van der Waals surface area contributed by atoms with Crippen LogP contribution in [0.3, 0.4) is 0 Å². The number of halogens is 2. The summed E-state index contributed by atoms with van der Waals surface area (Å²) in [5, 5.41) is 0.978. The van der Waals surface area contributed by atoms with Crippen LogP contribution in [0.1, 0.15) is 13.3 Å². The maximum Gasteiger partial charge on any atom is 0.150 e. The number of nitrogens with zero attached hydrogens (tertiary/aromatic N) is 3. The van der Waals surface area contributed by atoms with Gasteiger partial charge in [0.25, 0.3) is 0 Å². The Morgan fingerprint density at radius 3 is 2.50 bits per heavy atom. The van der Waals surface area contributed by atoms with Crippen LogP contribution in [0.4, 0.5) is 11.6 Å². The summed E-state index contributed by atoms with van der Waals surface area (Å²) in [7, 11) is 0. The molecule has 2 rings (SSSR count). The van der Waals surface area contributed by atoms with E-state index in [4.69, 9.17) is 28.9 Å². The third-order valence-corrected chi connectivity index (χ3v) is 3.73. The van der Waals surface area contributed by atoms with E-state index >= 15 is 0 Å². The van der Waals surface area contributed by atoms with E-state index in [0.717, 1.165) is 38.5 Å². The fourth-order valence-electron chi connectivity index (χ4n) is 2.19. The quantitative estimate of drug-likeness (QED) is 0.928. The standard InChI is InChI=1S/C12H18Cl2N4/c1-2-3-17-4-6-18(7-5-17)12-10(14)8-9(13)11(15)16-12/h8H,2-7H2,1H3,(H2,15,16). The third kappa shape index (κ3) is 2.99. The molecule has 18 heavy (non-hydrogen) atoms. The molecule has 0 aromatic carbocycles. The van der Waals surface area contributed by atoms with Crippen LogP contribution in [0.25, 0.3) is 0 Å². The van der Waals surface area contributed by atoms with Crippen LogP contribution in [0, 0.1) is 0 Å². The van der Waals surface area contributed by atoms with E-state index in [2.05, 4.69) is 21.7 Å². The number of hydrogen-bond donors (Lipinski definition) is 1. The lowest BCUT2D eigenvalue weighted by Gasteiger charge is -2.35. The monoisotopic (exact) mass is 288 g/mol. The Morgan fingerprint density at radius 1 is 1.22 bits per heavy atom. The second-order valence-corrected chi connectivity index (χ2v) is 5.30. The lowest BCUT2D eigenvalue weighted by molar-refractivity contribution is 0.258. The molecule has 1 aromatic heterocycles. The van der Waals surface area contributed by atoms with Crippen LogP contribution in [-0.2, 0) is 0 Å². The molecular formula is C12H18Cl2N4. The molecule has 0 amide bonds. The number of nitrogens with two attached hydrogens (primary N) is 1. The molecule has 0 aliphatic carbocycles. The summed E-state index contributed by atoms with van der Waals surface area (Å²) in [5.41, 5.74) is 5.73. The summed E-state index contributed by atoms with van der Waals surface area (Å²) in [5.74, 6) is 1.08. The van der Waals surface area contributed by atoms with E-state index < -0.39 is 0 Å². The molecule has 0 unspecified atom stereocenters. The first kappa shape index (κ1) is 13.7. The molecule has 1 aromatic rings. The maximum atomic E-state index is 6.17. The number of piperazine rings is 1. The van der Waals surface area contributed by atoms with Gasteiger partial charge in [0.2, 0.25) is 0 Å². The van der Waals surface area contributed by atoms with Gasteiger partial charge in [-0.3, -0.25) is 4.90 Å². The van der Waals surface area contributed by atoms with Crippen molar-refractivity contribution < 1.29 is 0 Å². The zero-order chi connectivity index (χ0) is 13.1. The fourth-order valence-corrected chi connectivity index (χ4v) is 2.67. The van der Waals surface area contributed by atoms with Crippen molar-refractivity contribution in [2.75, 3.05) is 43.4 Å². The number of pyridine rings is 1. The molecule has 0 atom stereocenters. The molecule has 0 saturated carbocycles. The smallest absolute Gasteiger partial charge is 0.150 e. The number of aromatic nitrogens is 1. The number of hydrogen-bond acceptors (Lipinski definition) is 4. The van der Waals surface area contributed by atoms with Crippen LogP contribution in [0.5, 0.6) is 0 Å². The predicted octanol–water partition coefficient (Wildman–Crippen LogP) is 2.50. The minimum Gasteiger partial charge on any atom is -0.382 e.